The van der Waals surface area contributed by atoms with Gasteiger partial charge in [0.25, 0.3) is 0 Å². The van der Waals surface area contributed by atoms with Crippen molar-refractivity contribution in [3.8, 4) is 0 Å². The van der Waals surface area contributed by atoms with E-state index in [1.54, 1.807) is 0 Å². The fourth-order valence-corrected chi connectivity index (χ4v) is 2.70. The number of ether oxygens (including phenoxy) is 1. The molecular formula is C15H32N2O. The normalized spacial score (nSPS) is 19.7. The smallest absolute Gasteiger partial charge is 0.0468 e. The molecule has 1 atom stereocenters. The van der Waals surface area contributed by atoms with E-state index in [1.165, 1.54) is 32.4 Å². The van der Waals surface area contributed by atoms with Crippen molar-refractivity contribution in [2.45, 2.75) is 33.1 Å². The molecule has 0 aliphatic carbocycles. The molecular weight excluding hydrogens is 224 g/mol. The maximum Gasteiger partial charge on any atom is 0.0468 e. The molecule has 1 fully saturated rings. The summed E-state index contributed by atoms with van der Waals surface area (Å²) in [6.07, 6.45) is 3.86. The SMILES string of the molecule is CNCC(CN(C)CCC1CCOCC1)C(C)C. The van der Waals surface area contributed by atoms with Crippen LogP contribution < -0.4 is 5.32 Å². The van der Waals surface area contributed by atoms with Crippen LogP contribution in [0.25, 0.3) is 0 Å². The second-order valence-electron chi connectivity index (χ2n) is 6.17. The summed E-state index contributed by atoms with van der Waals surface area (Å²) in [4.78, 5) is 2.51. The highest BCUT2D eigenvalue weighted by molar-refractivity contribution is 4.71. The van der Waals surface area contributed by atoms with Gasteiger partial charge in [0, 0.05) is 19.8 Å². The first-order valence-electron chi connectivity index (χ1n) is 7.54. The average molecular weight is 256 g/mol. The standard InChI is InChI=1S/C15H32N2O/c1-13(2)15(11-16-3)12-17(4)8-5-14-6-9-18-10-7-14/h13-16H,5-12H2,1-4H3. The summed E-state index contributed by atoms with van der Waals surface area (Å²) in [5, 5.41) is 3.32. The van der Waals surface area contributed by atoms with E-state index >= 15 is 0 Å². The summed E-state index contributed by atoms with van der Waals surface area (Å²) in [6.45, 7) is 10.2. The van der Waals surface area contributed by atoms with Gasteiger partial charge in [0.2, 0.25) is 0 Å². The summed E-state index contributed by atoms with van der Waals surface area (Å²) >= 11 is 0. The minimum atomic E-state index is 0.753. The van der Waals surface area contributed by atoms with E-state index in [2.05, 4.69) is 38.2 Å². The molecule has 1 rings (SSSR count). The van der Waals surface area contributed by atoms with Gasteiger partial charge < -0.3 is 15.0 Å². The van der Waals surface area contributed by atoms with Crippen LogP contribution in [-0.2, 0) is 4.74 Å². The van der Waals surface area contributed by atoms with Crippen LogP contribution in [0, 0.1) is 17.8 Å². The molecule has 1 aliphatic rings. The quantitative estimate of drug-likeness (QED) is 0.721. The van der Waals surface area contributed by atoms with Gasteiger partial charge in [-0.25, -0.2) is 0 Å². The van der Waals surface area contributed by atoms with Crippen molar-refractivity contribution in [3.05, 3.63) is 0 Å². The van der Waals surface area contributed by atoms with Gasteiger partial charge in [-0.15, -0.1) is 0 Å². The first kappa shape index (κ1) is 15.9. The lowest BCUT2D eigenvalue weighted by atomic mass is 9.94. The molecule has 18 heavy (non-hydrogen) atoms. The fourth-order valence-electron chi connectivity index (χ4n) is 2.70. The van der Waals surface area contributed by atoms with Crippen molar-refractivity contribution in [1.82, 2.24) is 10.2 Å². The minimum Gasteiger partial charge on any atom is -0.381 e. The topological polar surface area (TPSA) is 24.5 Å². The van der Waals surface area contributed by atoms with Crippen LogP contribution in [0.1, 0.15) is 33.1 Å². The Kier molecular flexibility index (Phi) is 7.87. The molecule has 3 nitrogen and oxygen atoms in total. The lowest BCUT2D eigenvalue weighted by molar-refractivity contribution is 0.0602. The average Bonchev–Trinajstić information content (AvgIpc) is 2.37. The second-order valence-corrected chi connectivity index (χ2v) is 6.17. The van der Waals surface area contributed by atoms with Gasteiger partial charge in [-0.3, -0.25) is 0 Å². The molecule has 1 aliphatic heterocycles. The van der Waals surface area contributed by atoms with Gasteiger partial charge in [0.05, 0.1) is 0 Å². The molecule has 0 aromatic heterocycles. The number of nitrogens with zero attached hydrogens (tertiary/aromatic N) is 1. The van der Waals surface area contributed by atoms with E-state index in [4.69, 9.17) is 4.74 Å². The van der Waals surface area contributed by atoms with Gasteiger partial charge >= 0.3 is 0 Å². The Balaban J connectivity index is 2.19. The maximum absolute atomic E-state index is 5.41. The number of hydrogen-bond acceptors (Lipinski definition) is 3. The molecule has 1 saturated heterocycles. The van der Waals surface area contributed by atoms with E-state index < -0.39 is 0 Å². The molecule has 3 heteroatoms. The van der Waals surface area contributed by atoms with Crippen LogP contribution in [0.15, 0.2) is 0 Å². The zero-order valence-corrected chi connectivity index (χ0v) is 12.7. The third-order valence-corrected chi connectivity index (χ3v) is 4.22. The first-order valence-corrected chi connectivity index (χ1v) is 7.54. The monoisotopic (exact) mass is 256 g/mol. The molecule has 1 N–H and O–H groups in total. The minimum absolute atomic E-state index is 0.753. The van der Waals surface area contributed by atoms with E-state index in [-0.39, 0.29) is 0 Å². The maximum atomic E-state index is 5.41. The van der Waals surface area contributed by atoms with Gasteiger partial charge in [0.15, 0.2) is 0 Å². The Bertz CT molecular complexity index is 203. The third-order valence-electron chi connectivity index (χ3n) is 4.22. The van der Waals surface area contributed by atoms with Gasteiger partial charge in [-0.2, -0.15) is 0 Å². The molecule has 0 spiro atoms. The van der Waals surface area contributed by atoms with Gasteiger partial charge in [-0.1, -0.05) is 13.8 Å². The van der Waals surface area contributed by atoms with Gasteiger partial charge in [-0.05, 0) is 64.2 Å². The zero-order chi connectivity index (χ0) is 13.4. The summed E-state index contributed by atoms with van der Waals surface area (Å²) in [5.41, 5.74) is 0. The van der Waals surface area contributed by atoms with Crippen LogP contribution in [0.3, 0.4) is 0 Å². The molecule has 0 radical (unpaired) electrons. The Morgan fingerprint density at radius 3 is 2.50 bits per heavy atom. The van der Waals surface area contributed by atoms with Crippen LogP contribution in [0.5, 0.6) is 0 Å². The van der Waals surface area contributed by atoms with Crippen LogP contribution in [0.2, 0.25) is 0 Å². The fraction of sp³-hybridized carbons (Fsp3) is 1.00. The number of nitrogens with one attached hydrogen (secondary N) is 1. The lowest BCUT2D eigenvalue weighted by Crippen LogP contribution is -2.35. The van der Waals surface area contributed by atoms with E-state index in [0.29, 0.717) is 0 Å². The Labute approximate surface area is 113 Å². The van der Waals surface area contributed by atoms with Crippen LogP contribution in [-0.4, -0.2) is 51.8 Å². The molecule has 0 aromatic rings. The Morgan fingerprint density at radius 1 is 1.28 bits per heavy atom. The summed E-state index contributed by atoms with van der Waals surface area (Å²) in [7, 11) is 4.32. The molecule has 108 valence electrons. The van der Waals surface area contributed by atoms with Crippen molar-refractivity contribution < 1.29 is 4.74 Å². The Morgan fingerprint density at radius 2 is 1.94 bits per heavy atom. The highest BCUT2D eigenvalue weighted by Crippen LogP contribution is 2.19. The van der Waals surface area contributed by atoms with Crippen LogP contribution >= 0.6 is 0 Å². The van der Waals surface area contributed by atoms with Crippen LogP contribution in [0.4, 0.5) is 0 Å². The highest BCUT2D eigenvalue weighted by Gasteiger charge is 2.17. The van der Waals surface area contributed by atoms with E-state index in [1.807, 2.05) is 0 Å². The van der Waals surface area contributed by atoms with Crippen molar-refractivity contribution in [1.29, 1.82) is 0 Å². The molecule has 1 unspecified atom stereocenters. The Hall–Kier alpha value is -0.120. The summed E-state index contributed by atoms with van der Waals surface area (Å²) in [6, 6.07) is 0. The third kappa shape index (κ3) is 6.17. The largest absolute Gasteiger partial charge is 0.381 e. The van der Waals surface area contributed by atoms with Crippen molar-refractivity contribution in [3.63, 3.8) is 0 Å². The second kappa shape index (κ2) is 8.89. The van der Waals surface area contributed by atoms with E-state index in [0.717, 1.165) is 37.5 Å². The predicted molar refractivity (Wildman–Crippen MR) is 77.9 cm³/mol. The number of hydrogen-bond donors (Lipinski definition) is 1. The zero-order valence-electron chi connectivity index (χ0n) is 12.7. The van der Waals surface area contributed by atoms with E-state index in [9.17, 15) is 0 Å². The lowest BCUT2D eigenvalue weighted by Gasteiger charge is -2.29. The molecule has 0 aromatic carbocycles. The first-order chi connectivity index (χ1) is 8.63. The summed E-state index contributed by atoms with van der Waals surface area (Å²) in [5.74, 6) is 2.40. The molecule has 0 amide bonds. The van der Waals surface area contributed by atoms with Crippen molar-refractivity contribution >= 4 is 0 Å². The van der Waals surface area contributed by atoms with Gasteiger partial charge in [0.1, 0.15) is 0 Å². The predicted octanol–water partition coefficient (Wildman–Crippen LogP) is 2.23. The molecule has 1 heterocycles. The van der Waals surface area contributed by atoms with Crippen molar-refractivity contribution in [2.75, 3.05) is 46.9 Å². The highest BCUT2D eigenvalue weighted by atomic mass is 16.5. The number of rotatable bonds is 8. The summed E-state index contributed by atoms with van der Waals surface area (Å²) < 4.78 is 5.41. The molecule has 0 bridgehead atoms. The molecule has 0 saturated carbocycles. The van der Waals surface area contributed by atoms with Crippen molar-refractivity contribution in [2.24, 2.45) is 17.8 Å².